The zero-order valence-electron chi connectivity index (χ0n) is 24.4. The number of carboxylic acids is 1. The molecule has 3 heterocycles. The lowest BCUT2D eigenvalue weighted by atomic mass is 9.86. The molecule has 2 saturated heterocycles. The van der Waals surface area contributed by atoms with Gasteiger partial charge in [0.15, 0.2) is 0 Å². The molecule has 6 rings (SSSR count). The molecule has 4 atom stereocenters. The van der Waals surface area contributed by atoms with Crippen LogP contribution in [0.4, 0.5) is 0 Å². The number of esters is 1. The first-order valence-electron chi connectivity index (χ1n) is 15.1. The molecule has 1 saturated carbocycles. The van der Waals surface area contributed by atoms with E-state index >= 15 is 0 Å². The standard InChI is InChI=1S/C33H35N3O8/c1-19(35-31(38)28-12-13-34-44-28)30(22-8-6-21(7-9-22)20-4-5-20)43-25-10-11-26(33(40)41)27(16-25)23-3-2-14-36(17-23)32(39)24-15-29(37)42-18-24/h6-13,16,19-20,23-24,30H,2-5,14-15,17-18H2,1H3,(H,35,38)(H,40,41)/t19-,23+,24+,30-/m0/s1. The van der Waals surface area contributed by atoms with E-state index in [2.05, 4.69) is 22.6 Å². The zero-order chi connectivity index (χ0) is 30.8. The van der Waals surface area contributed by atoms with Crippen LogP contribution in [-0.2, 0) is 14.3 Å². The maximum Gasteiger partial charge on any atom is 0.335 e. The van der Waals surface area contributed by atoms with Crippen molar-refractivity contribution in [3.63, 3.8) is 0 Å². The maximum atomic E-state index is 13.1. The van der Waals surface area contributed by atoms with Gasteiger partial charge in [0.05, 0.1) is 30.1 Å². The van der Waals surface area contributed by atoms with Crippen LogP contribution in [0.1, 0.15) is 94.6 Å². The average molecular weight is 602 g/mol. The van der Waals surface area contributed by atoms with E-state index in [9.17, 15) is 24.3 Å². The normalized spacial score (nSPS) is 21.3. The zero-order valence-corrected chi connectivity index (χ0v) is 24.4. The van der Waals surface area contributed by atoms with Crippen molar-refractivity contribution in [3.05, 3.63) is 82.7 Å². The number of ether oxygens (including phenoxy) is 2. The lowest BCUT2D eigenvalue weighted by Crippen LogP contribution is -2.42. The Morgan fingerprint density at radius 2 is 1.86 bits per heavy atom. The average Bonchev–Trinajstić information content (AvgIpc) is 3.54. The number of benzene rings is 2. The molecule has 2 amide bonds. The summed E-state index contributed by atoms with van der Waals surface area (Å²) in [6.45, 7) is 2.79. The molecule has 2 N–H and O–H groups in total. The Morgan fingerprint density at radius 3 is 2.52 bits per heavy atom. The van der Waals surface area contributed by atoms with Gasteiger partial charge in [0.1, 0.15) is 18.5 Å². The number of carboxylic acid groups (broad SMARTS) is 1. The Balaban J connectivity index is 1.26. The van der Waals surface area contributed by atoms with Gasteiger partial charge in [-0.15, -0.1) is 0 Å². The van der Waals surface area contributed by atoms with Crippen molar-refractivity contribution >= 4 is 23.8 Å². The number of piperidine rings is 1. The highest BCUT2D eigenvalue weighted by molar-refractivity contribution is 5.91. The fraction of sp³-hybridized carbons (Fsp3) is 0.424. The number of nitrogens with zero attached hydrogens (tertiary/aromatic N) is 2. The fourth-order valence-electron chi connectivity index (χ4n) is 6.17. The SMILES string of the molecule is C[C@H](NC(=O)c1ccno1)[C@H](Oc1ccc(C(=O)O)c([C@@H]2CCCN(C(=O)[C@H]3COC(=O)C3)C2)c1)c1ccc(C2CC2)cc1. The Hall–Kier alpha value is -4.67. The second kappa shape index (κ2) is 12.5. The van der Waals surface area contributed by atoms with Gasteiger partial charge in [-0.1, -0.05) is 29.4 Å². The van der Waals surface area contributed by atoms with Crippen LogP contribution in [0.3, 0.4) is 0 Å². The van der Waals surface area contributed by atoms with Crippen molar-refractivity contribution in [2.45, 2.75) is 63.0 Å². The number of carbonyl (C=O) groups excluding carboxylic acids is 3. The van der Waals surface area contributed by atoms with Crippen molar-refractivity contribution in [1.29, 1.82) is 0 Å². The van der Waals surface area contributed by atoms with Crippen LogP contribution in [0, 0.1) is 5.92 Å². The molecule has 2 aromatic carbocycles. The molecular weight excluding hydrogens is 566 g/mol. The van der Waals surface area contributed by atoms with Gasteiger partial charge in [0.25, 0.3) is 5.91 Å². The highest BCUT2D eigenvalue weighted by Gasteiger charge is 2.36. The van der Waals surface area contributed by atoms with Crippen LogP contribution >= 0.6 is 0 Å². The van der Waals surface area contributed by atoms with Gasteiger partial charge in [-0.3, -0.25) is 14.4 Å². The smallest absolute Gasteiger partial charge is 0.335 e. The van der Waals surface area contributed by atoms with Crippen molar-refractivity contribution in [3.8, 4) is 5.75 Å². The first kappa shape index (κ1) is 29.4. The van der Waals surface area contributed by atoms with E-state index in [-0.39, 0.29) is 42.1 Å². The van der Waals surface area contributed by atoms with Crippen LogP contribution in [0.15, 0.2) is 59.3 Å². The summed E-state index contributed by atoms with van der Waals surface area (Å²) in [5.41, 5.74) is 2.84. The second-order valence-electron chi connectivity index (χ2n) is 11.9. The number of carbonyl (C=O) groups is 4. The summed E-state index contributed by atoms with van der Waals surface area (Å²) in [4.78, 5) is 51.5. The number of amides is 2. The third kappa shape index (κ3) is 6.46. The molecule has 11 nitrogen and oxygen atoms in total. The van der Waals surface area contributed by atoms with E-state index in [4.69, 9.17) is 14.0 Å². The minimum Gasteiger partial charge on any atom is -0.484 e. The van der Waals surface area contributed by atoms with E-state index in [1.165, 1.54) is 36.7 Å². The number of likely N-dealkylation sites (tertiary alicyclic amines) is 1. The molecule has 2 aliphatic heterocycles. The van der Waals surface area contributed by atoms with E-state index in [0.717, 1.165) is 5.56 Å². The van der Waals surface area contributed by atoms with Crippen molar-refractivity contribution in [2.75, 3.05) is 19.7 Å². The number of rotatable bonds is 10. The molecule has 3 fully saturated rings. The lowest BCUT2D eigenvalue weighted by Gasteiger charge is -2.35. The molecule has 11 heteroatoms. The summed E-state index contributed by atoms with van der Waals surface area (Å²) in [5, 5.41) is 16.6. The predicted molar refractivity (Wildman–Crippen MR) is 156 cm³/mol. The van der Waals surface area contributed by atoms with Crippen molar-refractivity contribution < 1.29 is 38.3 Å². The van der Waals surface area contributed by atoms with Gasteiger partial charge in [-0.2, -0.15) is 0 Å². The number of aromatic nitrogens is 1. The molecule has 3 aromatic rings. The molecule has 0 bridgehead atoms. The molecule has 0 spiro atoms. The van der Waals surface area contributed by atoms with Gasteiger partial charge < -0.3 is 29.3 Å². The summed E-state index contributed by atoms with van der Waals surface area (Å²) >= 11 is 0. The number of aromatic carboxylic acids is 1. The predicted octanol–water partition coefficient (Wildman–Crippen LogP) is 4.46. The van der Waals surface area contributed by atoms with Crippen LogP contribution < -0.4 is 10.1 Å². The van der Waals surface area contributed by atoms with Gasteiger partial charge in [-0.25, -0.2) is 4.79 Å². The topological polar surface area (TPSA) is 148 Å². The Labute approximate surface area is 254 Å². The molecule has 0 unspecified atom stereocenters. The summed E-state index contributed by atoms with van der Waals surface area (Å²) in [7, 11) is 0. The van der Waals surface area contributed by atoms with Crippen molar-refractivity contribution in [1.82, 2.24) is 15.4 Å². The maximum absolute atomic E-state index is 13.1. The number of nitrogens with one attached hydrogen (secondary N) is 1. The van der Waals surface area contributed by atoms with Crippen molar-refractivity contribution in [2.24, 2.45) is 5.92 Å². The number of cyclic esters (lactones) is 1. The number of hydrogen-bond donors (Lipinski definition) is 2. The highest BCUT2D eigenvalue weighted by Crippen LogP contribution is 2.41. The summed E-state index contributed by atoms with van der Waals surface area (Å²) in [6.07, 6.45) is 4.61. The third-order valence-corrected chi connectivity index (χ3v) is 8.69. The second-order valence-corrected chi connectivity index (χ2v) is 11.9. The van der Waals surface area contributed by atoms with Gasteiger partial charge >= 0.3 is 11.9 Å². The minimum atomic E-state index is -1.07. The first-order chi connectivity index (χ1) is 21.3. The van der Waals surface area contributed by atoms with Crippen LogP contribution in [0.2, 0.25) is 0 Å². The molecule has 3 aliphatic rings. The number of hydrogen-bond acceptors (Lipinski definition) is 8. The fourth-order valence-corrected chi connectivity index (χ4v) is 6.17. The van der Waals surface area contributed by atoms with Crippen LogP contribution in [0.25, 0.3) is 0 Å². The lowest BCUT2D eigenvalue weighted by molar-refractivity contribution is -0.138. The quantitative estimate of drug-likeness (QED) is 0.321. The first-order valence-corrected chi connectivity index (χ1v) is 15.1. The molecule has 44 heavy (non-hydrogen) atoms. The Kier molecular flexibility index (Phi) is 8.36. The monoisotopic (exact) mass is 601 g/mol. The third-order valence-electron chi connectivity index (χ3n) is 8.69. The van der Waals surface area contributed by atoms with E-state index < -0.39 is 29.9 Å². The van der Waals surface area contributed by atoms with Gasteiger partial charge in [-0.05, 0) is 73.4 Å². The largest absolute Gasteiger partial charge is 0.484 e. The van der Waals surface area contributed by atoms with Gasteiger partial charge in [0.2, 0.25) is 11.7 Å². The molecule has 1 aromatic heterocycles. The summed E-state index contributed by atoms with van der Waals surface area (Å²) < 4.78 is 16.6. The summed E-state index contributed by atoms with van der Waals surface area (Å²) in [6, 6.07) is 14.1. The molecule has 1 aliphatic carbocycles. The van der Waals surface area contributed by atoms with E-state index in [0.29, 0.717) is 43.2 Å². The van der Waals surface area contributed by atoms with E-state index in [1.807, 2.05) is 19.1 Å². The minimum absolute atomic E-state index is 0.0673. The highest BCUT2D eigenvalue weighted by atomic mass is 16.5. The molecule has 230 valence electrons. The van der Waals surface area contributed by atoms with E-state index in [1.54, 1.807) is 17.0 Å². The Morgan fingerprint density at radius 1 is 1.07 bits per heavy atom. The van der Waals surface area contributed by atoms with Crippen LogP contribution in [0.5, 0.6) is 5.75 Å². The van der Waals surface area contributed by atoms with Crippen LogP contribution in [-0.4, -0.2) is 64.7 Å². The molecule has 0 radical (unpaired) electrons. The van der Waals surface area contributed by atoms with Gasteiger partial charge in [0, 0.05) is 25.1 Å². The molecular formula is C33H35N3O8. The Bertz CT molecular complexity index is 1530. The summed E-state index contributed by atoms with van der Waals surface area (Å²) in [5.74, 6) is -1.64.